The molecule has 2 fully saturated rings. The third kappa shape index (κ3) is 3.93. The zero-order chi connectivity index (χ0) is 13.7. The van der Waals surface area contributed by atoms with Gasteiger partial charge in [-0.05, 0) is 43.9 Å². The molecule has 2 aliphatic rings. The molecule has 0 spiro atoms. The average Bonchev–Trinajstić information content (AvgIpc) is 3.03. The number of ether oxygens (including phenoxy) is 1. The number of rotatable bonds is 6. The molecule has 1 amide bonds. The fourth-order valence-electron chi connectivity index (χ4n) is 3.63. The lowest BCUT2D eigenvalue weighted by Crippen LogP contribution is -2.39. The van der Waals surface area contributed by atoms with Gasteiger partial charge in [-0.3, -0.25) is 4.79 Å². The van der Waals surface area contributed by atoms with Crippen LogP contribution in [0.2, 0.25) is 0 Å². The molecule has 0 aromatic rings. The summed E-state index contributed by atoms with van der Waals surface area (Å²) in [6.07, 6.45) is 8.89. The van der Waals surface area contributed by atoms with Crippen LogP contribution in [0.1, 0.15) is 51.4 Å². The van der Waals surface area contributed by atoms with Gasteiger partial charge in [0.2, 0.25) is 5.91 Å². The van der Waals surface area contributed by atoms with Gasteiger partial charge in [-0.15, -0.1) is 0 Å². The van der Waals surface area contributed by atoms with E-state index in [9.17, 15) is 4.79 Å². The van der Waals surface area contributed by atoms with Crippen LogP contribution in [0.25, 0.3) is 0 Å². The standard InChI is InChI=1S/C15H28N2O2/c1-19-9-8-15(6-2-3-7-15)11-17-14(18)12-4-5-13(16)10-12/h12-13H,2-11,16H2,1H3,(H,17,18). The van der Waals surface area contributed by atoms with Crippen molar-refractivity contribution >= 4 is 5.91 Å². The summed E-state index contributed by atoms with van der Waals surface area (Å²) in [5.74, 6) is 0.368. The molecule has 0 aliphatic heterocycles. The van der Waals surface area contributed by atoms with E-state index in [0.29, 0.717) is 0 Å². The van der Waals surface area contributed by atoms with Crippen LogP contribution in [0.15, 0.2) is 0 Å². The van der Waals surface area contributed by atoms with Gasteiger partial charge in [-0.2, -0.15) is 0 Å². The topological polar surface area (TPSA) is 64.3 Å². The summed E-state index contributed by atoms with van der Waals surface area (Å²) < 4.78 is 5.22. The van der Waals surface area contributed by atoms with E-state index in [2.05, 4.69) is 5.32 Å². The Balaban J connectivity index is 1.80. The monoisotopic (exact) mass is 268 g/mol. The van der Waals surface area contributed by atoms with Crippen LogP contribution in [0, 0.1) is 11.3 Å². The van der Waals surface area contributed by atoms with Gasteiger partial charge in [-0.1, -0.05) is 12.8 Å². The molecule has 0 saturated heterocycles. The lowest BCUT2D eigenvalue weighted by molar-refractivity contribution is -0.125. The van der Waals surface area contributed by atoms with Crippen LogP contribution in [-0.4, -0.2) is 32.2 Å². The number of hydrogen-bond donors (Lipinski definition) is 2. The van der Waals surface area contributed by atoms with Crippen molar-refractivity contribution in [3.63, 3.8) is 0 Å². The van der Waals surface area contributed by atoms with Crippen molar-refractivity contribution in [1.29, 1.82) is 0 Å². The second-order valence-corrected chi connectivity index (χ2v) is 6.44. The number of carbonyl (C=O) groups is 1. The van der Waals surface area contributed by atoms with Gasteiger partial charge < -0.3 is 15.8 Å². The summed E-state index contributed by atoms with van der Waals surface area (Å²) in [6, 6.07) is 0.227. The summed E-state index contributed by atoms with van der Waals surface area (Å²) in [5, 5.41) is 3.19. The molecule has 2 aliphatic carbocycles. The van der Waals surface area contributed by atoms with Crippen molar-refractivity contribution in [2.45, 2.75) is 57.4 Å². The average molecular weight is 268 g/mol. The second-order valence-electron chi connectivity index (χ2n) is 6.44. The number of hydrogen-bond acceptors (Lipinski definition) is 3. The highest BCUT2D eigenvalue weighted by Gasteiger charge is 2.35. The zero-order valence-corrected chi connectivity index (χ0v) is 12.1. The Bertz CT molecular complexity index is 301. The first-order valence-electron chi connectivity index (χ1n) is 7.67. The van der Waals surface area contributed by atoms with Crippen molar-refractivity contribution in [2.24, 2.45) is 17.1 Å². The Morgan fingerprint density at radius 3 is 2.68 bits per heavy atom. The summed E-state index contributed by atoms with van der Waals surface area (Å²) >= 11 is 0. The minimum Gasteiger partial charge on any atom is -0.385 e. The maximum atomic E-state index is 12.2. The largest absolute Gasteiger partial charge is 0.385 e. The van der Waals surface area contributed by atoms with Gasteiger partial charge in [0.15, 0.2) is 0 Å². The Hall–Kier alpha value is -0.610. The molecule has 2 saturated carbocycles. The first-order chi connectivity index (χ1) is 9.15. The van der Waals surface area contributed by atoms with Gasteiger partial charge in [0.1, 0.15) is 0 Å². The van der Waals surface area contributed by atoms with E-state index in [4.69, 9.17) is 10.5 Å². The summed E-state index contributed by atoms with van der Waals surface area (Å²) in [4.78, 5) is 12.2. The van der Waals surface area contributed by atoms with Gasteiger partial charge >= 0.3 is 0 Å². The van der Waals surface area contributed by atoms with Crippen molar-refractivity contribution in [3.8, 4) is 0 Å². The summed E-state index contributed by atoms with van der Waals surface area (Å²) in [5.41, 5.74) is 6.16. The molecule has 0 radical (unpaired) electrons. The minimum absolute atomic E-state index is 0.149. The number of methoxy groups -OCH3 is 1. The Morgan fingerprint density at radius 1 is 1.37 bits per heavy atom. The number of amides is 1. The SMILES string of the molecule is COCCC1(CNC(=O)C2CCC(N)C2)CCCC1. The van der Waals surface area contributed by atoms with Crippen molar-refractivity contribution in [3.05, 3.63) is 0 Å². The smallest absolute Gasteiger partial charge is 0.223 e. The molecule has 0 heterocycles. The van der Waals surface area contributed by atoms with E-state index in [1.165, 1.54) is 25.7 Å². The molecule has 0 aromatic carbocycles. The molecular weight excluding hydrogens is 240 g/mol. The fourth-order valence-corrected chi connectivity index (χ4v) is 3.63. The van der Waals surface area contributed by atoms with E-state index >= 15 is 0 Å². The van der Waals surface area contributed by atoms with Gasteiger partial charge in [0.05, 0.1) is 0 Å². The van der Waals surface area contributed by atoms with Crippen molar-refractivity contribution in [1.82, 2.24) is 5.32 Å². The van der Waals surface area contributed by atoms with Crippen LogP contribution in [0.3, 0.4) is 0 Å². The molecule has 0 aromatic heterocycles. The molecule has 2 rings (SSSR count). The Labute approximate surface area is 116 Å². The normalized spacial score (nSPS) is 29.6. The quantitative estimate of drug-likeness (QED) is 0.772. The molecule has 19 heavy (non-hydrogen) atoms. The molecule has 2 atom stereocenters. The highest BCUT2D eigenvalue weighted by molar-refractivity contribution is 5.79. The predicted molar refractivity (Wildman–Crippen MR) is 75.7 cm³/mol. The van der Waals surface area contributed by atoms with Gasteiger partial charge in [0.25, 0.3) is 0 Å². The summed E-state index contributed by atoms with van der Waals surface area (Å²) in [6.45, 7) is 1.62. The molecule has 0 bridgehead atoms. The first-order valence-corrected chi connectivity index (χ1v) is 7.67. The lowest BCUT2D eigenvalue weighted by atomic mass is 9.82. The highest BCUT2D eigenvalue weighted by Crippen LogP contribution is 2.40. The fraction of sp³-hybridized carbons (Fsp3) is 0.933. The first kappa shape index (κ1) is 14.8. The molecular formula is C15H28N2O2. The van der Waals surface area contributed by atoms with Crippen LogP contribution < -0.4 is 11.1 Å². The highest BCUT2D eigenvalue weighted by atomic mass is 16.5. The molecule has 4 nitrogen and oxygen atoms in total. The van der Waals surface area contributed by atoms with Gasteiger partial charge in [-0.25, -0.2) is 0 Å². The molecule has 110 valence electrons. The third-order valence-corrected chi connectivity index (χ3v) is 4.98. The lowest BCUT2D eigenvalue weighted by Gasteiger charge is -2.29. The number of carbonyl (C=O) groups excluding carboxylic acids is 1. The molecule has 3 N–H and O–H groups in total. The van der Waals surface area contributed by atoms with Gasteiger partial charge in [0, 0.05) is 32.2 Å². The number of nitrogens with two attached hydrogens (primary N) is 1. The Morgan fingerprint density at radius 2 is 2.11 bits per heavy atom. The second kappa shape index (κ2) is 6.71. The maximum Gasteiger partial charge on any atom is 0.223 e. The Kier molecular flexibility index (Phi) is 5.22. The minimum atomic E-state index is 0.149. The van der Waals surface area contributed by atoms with E-state index in [0.717, 1.165) is 38.8 Å². The summed E-state index contributed by atoms with van der Waals surface area (Å²) in [7, 11) is 1.75. The van der Waals surface area contributed by atoms with E-state index in [-0.39, 0.29) is 23.3 Å². The third-order valence-electron chi connectivity index (χ3n) is 4.98. The molecule has 4 heteroatoms. The van der Waals surface area contributed by atoms with Crippen LogP contribution in [0.5, 0.6) is 0 Å². The maximum absolute atomic E-state index is 12.2. The van der Waals surface area contributed by atoms with Crippen molar-refractivity contribution in [2.75, 3.05) is 20.3 Å². The van der Waals surface area contributed by atoms with Crippen LogP contribution in [0.4, 0.5) is 0 Å². The van der Waals surface area contributed by atoms with Crippen molar-refractivity contribution < 1.29 is 9.53 Å². The number of nitrogens with one attached hydrogen (secondary N) is 1. The van der Waals surface area contributed by atoms with E-state index in [1.54, 1.807) is 7.11 Å². The molecule has 2 unspecified atom stereocenters. The van der Waals surface area contributed by atoms with E-state index in [1.807, 2.05) is 0 Å². The van der Waals surface area contributed by atoms with Crippen LogP contribution in [-0.2, 0) is 9.53 Å². The predicted octanol–water partition coefficient (Wildman–Crippen LogP) is 1.83. The zero-order valence-electron chi connectivity index (χ0n) is 12.1. The van der Waals surface area contributed by atoms with E-state index < -0.39 is 0 Å². The van der Waals surface area contributed by atoms with Crippen LogP contribution >= 0.6 is 0 Å².